The van der Waals surface area contributed by atoms with Gasteiger partial charge in [0.15, 0.2) is 0 Å². The molecular weight excluding hydrogens is 264 g/mol. The van der Waals surface area contributed by atoms with Gasteiger partial charge in [0.1, 0.15) is 0 Å². The van der Waals surface area contributed by atoms with Crippen LogP contribution in [-0.4, -0.2) is 22.8 Å². The van der Waals surface area contributed by atoms with Crippen molar-refractivity contribution < 1.29 is 14.9 Å². The van der Waals surface area contributed by atoms with Crippen molar-refractivity contribution in [2.45, 2.75) is 104 Å². The fourth-order valence-corrected chi connectivity index (χ4v) is 2.59. The first-order chi connectivity index (χ1) is 9.98. The molecule has 0 spiro atoms. The molecule has 0 rings (SSSR count). The van der Waals surface area contributed by atoms with E-state index < -0.39 is 5.97 Å². The van der Waals surface area contributed by atoms with Crippen LogP contribution >= 0.6 is 0 Å². The molecule has 0 aromatic rings. The van der Waals surface area contributed by atoms with Crippen LogP contribution in [0.25, 0.3) is 0 Å². The third-order valence-corrected chi connectivity index (χ3v) is 3.76. The van der Waals surface area contributed by atoms with Gasteiger partial charge in [-0.3, -0.25) is 0 Å². The average molecular weight is 302 g/mol. The molecule has 0 radical (unpaired) electrons. The second-order valence-electron chi connectivity index (χ2n) is 6.73. The van der Waals surface area contributed by atoms with Crippen molar-refractivity contribution in [1.82, 2.24) is 0 Å². The van der Waals surface area contributed by atoms with Crippen LogP contribution in [0.3, 0.4) is 0 Å². The molecule has 0 bridgehead atoms. The Morgan fingerprint density at radius 1 is 0.762 bits per heavy atom. The molecule has 0 aromatic carbocycles. The molecular formula is C18H38O3. The lowest BCUT2D eigenvalue weighted by molar-refractivity contribution is -0.344. The zero-order valence-corrected chi connectivity index (χ0v) is 14.6. The fourth-order valence-electron chi connectivity index (χ4n) is 2.59. The molecule has 0 aliphatic heterocycles. The maximum absolute atomic E-state index is 9.58. The molecule has 0 heterocycles. The zero-order chi connectivity index (χ0) is 16.0. The van der Waals surface area contributed by atoms with Crippen molar-refractivity contribution in [3.05, 3.63) is 0 Å². The van der Waals surface area contributed by atoms with Crippen LogP contribution in [0.4, 0.5) is 0 Å². The molecule has 0 fully saturated rings. The minimum absolute atomic E-state index is 0.220. The maximum atomic E-state index is 9.58. The van der Waals surface area contributed by atoms with Gasteiger partial charge in [-0.25, -0.2) is 0 Å². The molecule has 0 saturated carbocycles. The molecule has 0 aromatic heterocycles. The van der Waals surface area contributed by atoms with Crippen molar-refractivity contribution in [2.24, 2.45) is 5.92 Å². The predicted molar refractivity (Wildman–Crippen MR) is 89.0 cm³/mol. The average Bonchev–Trinajstić information content (AvgIpc) is 2.38. The van der Waals surface area contributed by atoms with Crippen molar-refractivity contribution >= 4 is 0 Å². The van der Waals surface area contributed by atoms with Gasteiger partial charge < -0.3 is 14.9 Å². The molecule has 0 aliphatic rings. The van der Waals surface area contributed by atoms with Crippen LogP contribution in [0.1, 0.15) is 97.8 Å². The van der Waals surface area contributed by atoms with Crippen molar-refractivity contribution in [1.29, 1.82) is 0 Å². The van der Waals surface area contributed by atoms with Gasteiger partial charge in [-0.1, -0.05) is 85.0 Å². The number of aliphatic hydroxyl groups is 2. The summed E-state index contributed by atoms with van der Waals surface area (Å²) in [6.07, 6.45) is 14.4. The Morgan fingerprint density at radius 2 is 1.19 bits per heavy atom. The first-order valence-corrected chi connectivity index (χ1v) is 9.06. The van der Waals surface area contributed by atoms with E-state index in [1.54, 1.807) is 0 Å². The van der Waals surface area contributed by atoms with Crippen LogP contribution in [-0.2, 0) is 4.74 Å². The second-order valence-corrected chi connectivity index (χ2v) is 6.73. The first-order valence-electron chi connectivity index (χ1n) is 9.06. The van der Waals surface area contributed by atoms with Gasteiger partial charge in [-0.15, -0.1) is 0 Å². The van der Waals surface area contributed by atoms with E-state index in [9.17, 15) is 10.2 Å². The number of hydrogen-bond donors (Lipinski definition) is 2. The Bertz CT molecular complexity index is 215. The smallest absolute Gasteiger partial charge is 0.278 e. The summed E-state index contributed by atoms with van der Waals surface area (Å²) in [4.78, 5) is 0. The lowest BCUT2D eigenvalue weighted by Gasteiger charge is -2.23. The summed E-state index contributed by atoms with van der Waals surface area (Å²) in [6.45, 7) is 6.60. The SMILES string of the molecule is CCCCCCCCCCCCCOC(O)(O)CC(C)C. The number of unbranched alkanes of at least 4 members (excludes halogenated alkanes) is 10. The molecule has 128 valence electrons. The minimum Gasteiger partial charge on any atom is -0.343 e. The lowest BCUT2D eigenvalue weighted by Crippen LogP contribution is -2.33. The van der Waals surface area contributed by atoms with Crippen LogP contribution < -0.4 is 0 Å². The largest absolute Gasteiger partial charge is 0.343 e. The van der Waals surface area contributed by atoms with Crippen molar-refractivity contribution in [2.75, 3.05) is 6.61 Å². The van der Waals surface area contributed by atoms with E-state index in [-0.39, 0.29) is 12.3 Å². The summed E-state index contributed by atoms with van der Waals surface area (Å²) in [5.74, 6) is -1.72. The highest BCUT2D eigenvalue weighted by Gasteiger charge is 2.24. The predicted octanol–water partition coefficient (Wildman–Crippen LogP) is 5.00. The molecule has 3 nitrogen and oxygen atoms in total. The molecule has 3 heteroatoms. The van der Waals surface area contributed by atoms with E-state index in [0.717, 1.165) is 12.8 Å². The van der Waals surface area contributed by atoms with Crippen LogP contribution in [0.2, 0.25) is 0 Å². The van der Waals surface area contributed by atoms with Gasteiger partial charge in [0.05, 0.1) is 6.61 Å². The van der Waals surface area contributed by atoms with Crippen LogP contribution in [0.5, 0.6) is 0 Å². The summed E-state index contributed by atoms with van der Waals surface area (Å²) < 4.78 is 5.13. The molecule has 0 saturated heterocycles. The normalized spacial score (nSPS) is 12.3. The third-order valence-electron chi connectivity index (χ3n) is 3.76. The quantitative estimate of drug-likeness (QED) is 0.330. The Labute approximate surface area is 132 Å². The van der Waals surface area contributed by atoms with Gasteiger partial charge in [0, 0.05) is 6.42 Å². The second kappa shape index (κ2) is 13.5. The van der Waals surface area contributed by atoms with Crippen LogP contribution in [0.15, 0.2) is 0 Å². The number of rotatable bonds is 15. The van der Waals surface area contributed by atoms with Crippen LogP contribution in [0, 0.1) is 5.92 Å². The Kier molecular flexibility index (Phi) is 13.5. The molecule has 0 unspecified atom stereocenters. The molecule has 21 heavy (non-hydrogen) atoms. The fraction of sp³-hybridized carbons (Fsp3) is 1.00. The van der Waals surface area contributed by atoms with Gasteiger partial charge in [-0.2, -0.15) is 0 Å². The lowest BCUT2D eigenvalue weighted by atomic mass is 10.1. The summed E-state index contributed by atoms with van der Waals surface area (Å²) >= 11 is 0. The van der Waals surface area contributed by atoms with E-state index in [2.05, 4.69) is 6.92 Å². The third kappa shape index (κ3) is 16.1. The summed E-state index contributed by atoms with van der Waals surface area (Å²) in [7, 11) is 0. The van der Waals surface area contributed by atoms with Gasteiger partial charge in [0.2, 0.25) is 0 Å². The van der Waals surface area contributed by atoms with Gasteiger partial charge in [0.25, 0.3) is 5.97 Å². The highest BCUT2D eigenvalue weighted by atomic mass is 16.8. The van der Waals surface area contributed by atoms with E-state index >= 15 is 0 Å². The highest BCUT2D eigenvalue weighted by Crippen LogP contribution is 2.16. The van der Waals surface area contributed by atoms with E-state index in [0.29, 0.717) is 6.61 Å². The molecule has 0 amide bonds. The first kappa shape index (κ1) is 20.9. The Morgan fingerprint density at radius 3 is 1.62 bits per heavy atom. The maximum Gasteiger partial charge on any atom is 0.278 e. The molecule has 0 aliphatic carbocycles. The zero-order valence-electron chi connectivity index (χ0n) is 14.6. The summed E-state index contributed by atoms with van der Waals surface area (Å²) in [6, 6.07) is 0. The van der Waals surface area contributed by atoms with Gasteiger partial charge >= 0.3 is 0 Å². The van der Waals surface area contributed by atoms with Crippen molar-refractivity contribution in [3.63, 3.8) is 0 Å². The van der Waals surface area contributed by atoms with Crippen molar-refractivity contribution in [3.8, 4) is 0 Å². The molecule has 2 N–H and O–H groups in total. The number of hydrogen-bond acceptors (Lipinski definition) is 3. The van der Waals surface area contributed by atoms with Gasteiger partial charge in [-0.05, 0) is 12.3 Å². The van der Waals surface area contributed by atoms with E-state index in [1.807, 2.05) is 13.8 Å². The summed E-state index contributed by atoms with van der Waals surface area (Å²) in [5, 5.41) is 19.2. The Balaban J connectivity index is 3.22. The minimum atomic E-state index is -1.94. The number of ether oxygens (including phenoxy) is 1. The monoisotopic (exact) mass is 302 g/mol. The highest BCUT2D eigenvalue weighted by molar-refractivity contribution is 4.55. The van der Waals surface area contributed by atoms with E-state index in [1.165, 1.54) is 57.8 Å². The Hall–Kier alpha value is -0.120. The summed E-state index contributed by atoms with van der Waals surface area (Å²) in [5.41, 5.74) is 0. The topological polar surface area (TPSA) is 49.7 Å². The molecule has 0 atom stereocenters. The standard InChI is InChI=1S/C18H38O3/c1-4-5-6-7-8-9-10-11-12-13-14-15-21-18(19,20)16-17(2)3/h17,19-20H,4-16H2,1-3H3. The van der Waals surface area contributed by atoms with E-state index in [4.69, 9.17) is 4.74 Å².